The van der Waals surface area contributed by atoms with E-state index in [1.807, 2.05) is 19.1 Å². The summed E-state index contributed by atoms with van der Waals surface area (Å²) in [6, 6.07) is 7.36. The summed E-state index contributed by atoms with van der Waals surface area (Å²) in [5.41, 5.74) is 0.876. The zero-order valence-electron chi connectivity index (χ0n) is 8.60. The monoisotopic (exact) mass is 206 g/mol. The van der Waals surface area contributed by atoms with E-state index < -0.39 is 17.5 Å². The van der Waals surface area contributed by atoms with Crippen LogP contribution in [0.15, 0.2) is 24.3 Å². The maximum Gasteiger partial charge on any atom is 0.312 e. The molecule has 0 aromatic heterocycles. The predicted molar refractivity (Wildman–Crippen MR) is 55.4 cm³/mol. The highest BCUT2D eigenvalue weighted by atomic mass is 16.4. The number of aliphatic carboxylic acids is 1. The number of hydrogen-bond donors (Lipinski definition) is 2. The summed E-state index contributed by atoms with van der Waals surface area (Å²) < 4.78 is 0. The minimum atomic E-state index is -0.921. The van der Waals surface area contributed by atoms with E-state index in [1.165, 1.54) is 0 Å². The number of aryl methyl sites for hydroxylation is 1. The summed E-state index contributed by atoms with van der Waals surface area (Å²) in [5, 5.41) is 19.0. The molecule has 1 saturated carbocycles. The third kappa shape index (κ3) is 1.63. The number of benzene rings is 1. The third-order valence-electron chi connectivity index (χ3n) is 3.13. The third-order valence-corrected chi connectivity index (χ3v) is 3.13. The molecule has 3 heteroatoms. The Morgan fingerprint density at radius 1 is 1.33 bits per heavy atom. The maximum atomic E-state index is 11.0. The lowest BCUT2D eigenvalue weighted by molar-refractivity contribution is -0.148. The second-order valence-corrected chi connectivity index (χ2v) is 4.27. The van der Waals surface area contributed by atoms with Crippen molar-refractivity contribution in [1.29, 1.82) is 0 Å². The van der Waals surface area contributed by atoms with Gasteiger partial charge in [-0.3, -0.25) is 4.79 Å². The van der Waals surface area contributed by atoms with Crippen LogP contribution in [-0.2, 0) is 4.79 Å². The fourth-order valence-corrected chi connectivity index (χ4v) is 1.81. The van der Waals surface area contributed by atoms with Crippen LogP contribution in [0.25, 0.3) is 0 Å². The predicted octanol–water partition coefficient (Wildman–Crippen LogP) is 1.89. The van der Waals surface area contributed by atoms with Crippen molar-refractivity contribution in [3.63, 3.8) is 0 Å². The van der Waals surface area contributed by atoms with Crippen molar-refractivity contribution < 1.29 is 15.0 Å². The molecular weight excluding hydrogens is 192 g/mol. The van der Waals surface area contributed by atoms with Crippen molar-refractivity contribution in [2.24, 2.45) is 5.41 Å². The van der Waals surface area contributed by atoms with Gasteiger partial charge in [0.05, 0.1) is 11.5 Å². The molecular formula is C12H14O3. The van der Waals surface area contributed by atoms with Crippen molar-refractivity contribution in [2.75, 3.05) is 0 Å². The molecule has 1 aromatic carbocycles. The first-order valence-electron chi connectivity index (χ1n) is 5.04. The fourth-order valence-electron chi connectivity index (χ4n) is 1.81. The molecule has 2 rings (SSSR count). The standard InChI is InChI=1S/C12H14O3/c1-8-2-4-9(5-3-8)10(13)12(6-7-12)11(14)15/h2-5,10,13H,6-7H2,1H3,(H,14,15). The summed E-state index contributed by atoms with van der Waals surface area (Å²) in [7, 11) is 0. The van der Waals surface area contributed by atoms with Crippen molar-refractivity contribution in [2.45, 2.75) is 25.9 Å². The first-order chi connectivity index (χ1) is 7.06. The number of rotatable bonds is 3. The Morgan fingerprint density at radius 2 is 1.87 bits per heavy atom. The second-order valence-electron chi connectivity index (χ2n) is 4.27. The Balaban J connectivity index is 2.25. The fraction of sp³-hybridized carbons (Fsp3) is 0.417. The van der Waals surface area contributed by atoms with Gasteiger partial charge < -0.3 is 10.2 Å². The largest absolute Gasteiger partial charge is 0.481 e. The van der Waals surface area contributed by atoms with Gasteiger partial charge in [0.1, 0.15) is 0 Å². The van der Waals surface area contributed by atoms with Gasteiger partial charge in [0.25, 0.3) is 0 Å². The van der Waals surface area contributed by atoms with Crippen LogP contribution in [0.3, 0.4) is 0 Å². The van der Waals surface area contributed by atoms with Gasteiger partial charge >= 0.3 is 5.97 Å². The van der Waals surface area contributed by atoms with E-state index >= 15 is 0 Å². The number of carboxylic acids is 1. The van der Waals surface area contributed by atoms with Crippen molar-refractivity contribution in [3.8, 4) is 0 Å². The zero-order valence-corrected chi connectivity index (χ0v) is 8.60. The first-order valence-corrected chi connectivity index (χ1v) is 5.04. The molecule has 15 heavy (non-hydrogen) atoms. The van der Waals surface area contributed by atoms with Crippen LogP contribution in [0.1, 0.15) is 30.1 Å². The molecule has 0 spiro atoms. The second kappa shape index (κ2) is 3.35. The quantitative estimate of drug-likeness (QED) is 0.794. The van der Waals surface area contributed by atoms with Crippen LogP contribution in [0.2, 0.25) is 0 Å². The molecule has 0 saturated heterocycles. The number of carbonyl (C=O) groups is 1. The zero-order chi connectivity index (χ0) is 11.1. The summed E-state index contributed by atoms with van der Waals surface area (Å²) in [5.74, 6) is -0.893. The molecule has 1 fully saturated rings. The summed E-state index contributed by atoms with van der Waals surface area (Å²) >= 11 is 0. The molecule has 0 aliphatic heterocycles. The van der Waals surface area contributed by atoms with Gasteiger partial charge in [0, 0.05) is 0 Å². The van der Waals surface area contributed by atoms with Gasteiger partial charge in [0.15, 0.2) is 0 Å². The first kappa shape index (κ1) is 10.2. The Hall–Kier alpha value is -1.35. The minimum absolute atomic E-state index is 0.567. The van der Waals surface area contributed by atoms with E-state index in [1.54, 1.807) is 12.1 Å². The molecule has 80 valence electrons. The average Bonchev–Trinajstić information content (AvgIpc) is 2.98. The lowest BCUT2D eigenvalue weighted by Crippen LogP contribution is -2.23. The van der Waals surface area contributed by atoms with Crippen LogP contribution in [0, 0.1) is 12.3 Å². The Morgan fingerprint density at radius 3 is 2.27 bits per heavy atom. The van der Waals surface area contributed by atoms with Gasteiger partial charge in [-0.15, -0.1) is 0 Å². The van der Waals surface area contributed by atoms with Gasteiger partial charge in [-0.1, -0.05) is 29.8 Å². The molecule has 1 aliphatic carbocycles. The molecule has 1 aromatic rings. The number of hydrogen-bond acceptors (Lipinski definition) is 2. The van der Waals surface area contributed by atoms with E-state index in [-0.39, 0.29) is 0 Å². The average molecular weight is 206 g/mol. The summed E-state index contributed by atoms with van der Waals surface area (Å²) in [4.78, 5) is 11.0. The lowest BCUT2D eigenvalue weighted by atomic mass is 9.92. The molecule has 1 atom stereocenters. The number of aliphatic hydroxyl groups is 1. The maximum absolute atomic E-state index is 11.0. The molecule has 0 bridgehead atoms. The van der Waals surface area contributed by atoms with E-state index in [9.17, 15) is 9.90 Å². The lowest BCUT2D eigenvalue weighted by Gasteiger charge is -2.18. The molecule has 0 heterocycles. The smallest absolute Gasteiger partial charge is 0.312 e. The van der Waals surface area contributed by atoms with E-state index in [4.69, 9.17) is 5.11 Å². The molecule has 0 amide bonds. The van der Waals surface area contributed by atoms with Crippen LogP contribution in [-0.4, -0.2) is 16.2 Å². The molecule has 3 nitrogen and oxygen atoms in total. The van der Waals surface area contributed by atoms with E-state index in [2.05, 4.69) is 0 Å². The topological polar surface area (TPSA) is 57.5 Å². The Bertz CT molecular complexity index is 376. The summed E-state index contributed by atoms with van der Waals surface area (Å²) in [6.07, 6.45) is 0.255. The molecule has 0 radical (unpaired) electrons. The van der Waals surface area contributed by atoms with Crippen LogP contribution in [0.5, 0.6) is 0 Å². The Labute approximate surface area is 88.4 Å². The van der Waals surface area contributed by atoms with Gasteiger partial charge in [-0.05, 0) is 25.3 Å². The molecule has 2 N–H and O–H groups in total. The normalized spacial score (nSPS) is 19.6. The van der Waals surface area contributed by atoms with Gasteiger partial charge in [-0.2, -0.15) is 0 Å². The van der Waals surface area contributed by atoms with Crippen LogP contribution in [0.4, 0.5) is 0 Å². The van der Waals surface area contributed by atoms with E-state index in [0.717, 1.165) is 5.56 Å². The van der Waals surface area contributed by atoms with Crippen LogP contribution >= 0.6 is 0 Å². The van der Waals surface area contributed by atoms with Crippen molar-refractivity contribution >= 4 is 5.97 Å². The highest BCUT2D eigenvalue weighted by molar-refractivity contribution is 5.79. The van der Waals surface area contributed by atoms with Crippen LogP contribution < -0.4 is 0 Å². The highest BCUT2D eigenvalue weighted by Gasteiger charge is 2.56. The SMILES string of the molecule is Cc1ccc(C(O)C2(C(=O)O)CC2)cc1. The van der Waals surface area contributed by atoms with Crippen molar-refractivity contribution in [3.05, 3.63) is 35.4 Å². The van der Waals surface area contributed by atoms with E-state index in [0.29, 0.717) is 18.4 Å². The molecule has 1 aliphatic rings. The number of carboxylic acid groups (broad SMARTS) is 1. The molecule has 1 unspecified atom stereocenters. The van der Waals surface area contributed by atoms with Gasteiger partial charge in [0.2, 0.25) is 0 Å². The highest BCUT2D eigenvalue weighted by Crippen LogP contribution is 2.55. The summed E-state index contributed by atoms with van der Waals surface area (Å²) in [6.45, 7) is 1.96. The Kier molecular flexibility index (Phi) is 2.27. The number of aliphatic hydroxyl groups excluding tert-OH is 1. The van der Waals surface area contributed by atoms with Crippen molar-refractivity contribution in [1.82, 2.24) is 0 Å². The van der Waals surface area contributed by atoms with Gasteiger partial charge in [-0.25, -0.2) is 0 Å². The minimum Gasteiger partial charge on any atom is -0.481 e.